The average molecular weight is 297 g/mol. The molecule has 1 N–H and O–H groups in total. The zero-order chi connectivity index (χ0) is 14.3. The maximum Gasteiger partial charge on any atom is 0.331 e. The molecule has 3 heterocycles. The number of rotatable bonds is 3. The quantitative estimate of drug-likeness (QED) is 0.641. The van der Waals surface area contributed by atoms with E-state index >= 15 is 0 Å². The van der Waals surface area contributed by atoms with Gasteiger partial charge in [0.25, 0.3) is 0 Å². The molecule has 0 radical (unpaired) electrons. The monoisotopic (exact) mass is 296 g/mol. The van der Waals surface area contributed by atoms with Crippen LogP contribution in [0.25, 0.3) is 0 Å². The number of aromatic nitrogens is 2. The number of anilines is 1. The van der Waals surface area contributed by atoms with E-state index in [1.165, 1.54) is 11.1 Å². The van der Waals surface area contributed by atoms with E-state index in [-0.39, 0.29) is 17.9 Å². The first-order chi connectivity index (χ1) is 9.56. The highest BCUT2D eigenvalue weighted by Gasteiger charge is 2.56. The third kappa shape index (κ3) is 1.81. The molecule has 1 amide bonds. The van der Waals surface area contributed by atoms with Crippen LogP contribution in [0, 0.1) is 0 Å². The zero-order valence-corrected chi connectivity index (χ0v) is 11.3. The van der Waals surface area contributed by atoms with Gasteiger partial charge >= 0.3 is 5.97 Å². The first-order valence-electron chi connectivity index (χ1n) is 6.27. The molecule has 0 spiro atoms. The molecule has 0 aromatic carbocycles. The van der Waals surface area contributed by atoms with Crippen LogP contribution in [0.2, 0.25) is 5.28 Å². The average Bonchev–Trinajstić information content (AvgIpc) is 2.65. The van der Waals surface area contributed by atoms with Crippen LogP contribution in [0.5, 0.6) is 0 Å². The van der Waals surface area contributed by atoms with Crippen molar-refractivity contribution < 1.29 is 14.7 Å². The summed E-state index contributed by atoms with van der Waals surface area (Å²) in [5.41, 5.74) is -1.16. The first kappa shape index (κ1) is 13.1. The minimum absolute atomic E-state index is 0.105. The van der Waals surface area contributed by atoms with Crippen molar-refractivity contribution >= 4 is 29.8 Å². The maximum atomic E-state index is 11.7. The van der Waals surface area contributed by atoms with E-state index in [0.717, 1.165) is 0 Å². The number of carboxylic acids is 1. The number of fused-ring (bicyclic) bond motifs is 2. The minimum Gasteiger partial charge on any atom is -0.479 e. The molecule has 7 nitrogen and oxygen atoms in total. The van der Waals surface area contributed by atoms with E-state index in [1.54, 1.807) is 6.07 Å². The van der Waals surface area contributed by atoms with Gasteiger partial charge in [0.05, 0.1) is 12.6 Å². The predicted molar refractivity (Wildman–Crippen MR) is 70.5 cm³/mol. The fourth-order valence-electron chi connectivity index (χ4n) is 3.15. The van der Waals surface area contributed by atoms with Crippen molar-refractivity contribution in [1.82, 2.24) is 14.9 Å². The second kappa shape index (κ2) is 4.59. The van der Waals surface area contributed by atoms with Gasteiger partial charge in [-0.3, -0.25) is 4.79 Å². The summed E-state index contributed by atoms with van der Waals surface area (Å²) in [4.78, 5) is 34.1. The van der Waals surface area contributed by atoms with E-state index in [1.807, 2.05) is 4.90 Å². The molecule has 0 saturated carbocycles. The lowest BCUT2D eigenvalue weighted by Crippen LogP contribution is -2.65. The Morgan fingerprint density at radius 2 is 2.40 bits per heavy atom. The number of carboxylic acid groups (broad SMARTS) is 1. The van der Waals surface area contributed by atoms with Crippen LogP contribution in [0.1, 0.15) is 12.8 Å². The maximum absolute atomic E-state index is 11.7. The largest absolute Gasteiger partial charge is 0.479 e. The third-order valence-electron chi connectivity index (χ3n) is 4.11. The van der Waals surface area contributed by atoms with Crippen LogP contribution in [-0.2, 0) is 9.59 Å². The molecule has 0 aliphatic carbocycles. The molecule has 8 heteroatoms. The highest BCUT2D eigenvalue weighted by molar-refractivity contribution is 6.28. The molecule has 1 aromatic rings. The van der Waals surface area contributed by atoms with Crippen LogP contribution in [0.3, 0.4) is 0 Å². The number of nitrogens with zero attached hydrogens (tertiary/aromatic N) is 4. The van der Waals surface area contributed by atoms with Gasteiger partial charge < -0.3 is 14.9 Å². The van der Waals surface area contributed by atoms with Crippen molar-refractivity contribution in [3.05, 3.63) is 17.5 Å². The number of hydrogen-bond acceptors (Lipinski definition) is 5. The van der Waals surface area contributed by atoms with Gasteiger partial charge in [-0.05, 0) is 30.5 Å². The van der Waals surface area contributed by atoms with Crippen molar-refractivity contribution in [2.24, 2.45) is 0 Å². The number of carbonyl (C=O) groups excluding carboxylic acids is 1. The third-order valence-corrected chi connectivity index (χ3v) is 4.29. The Kier molecular flexibility index (Phi) is 3.01. The summed E-state index contributed by atoms with van der Waals surface area (Å²) in [5.74, 6) is -0.384. The van der Waals surface area contributed by atoms with E-state index in [2.05, 4.69) is 9.97 Å². The molecule has 3 rings (SSSR count). The van der Waals surface area contributed by atoms with Gasteiger partial charge in [0.1, 0.15) is 5.82 Å². The standard InChI is InChI=1S/C12H13ClN4O3/c13-11-14-4-2-9(15-11)16-5-8-1-3-12(6-16,10(19)20)17(8)7-18/h2,4,7-8H,1,3,5-6H2,(H,19,20)/t8-,12+/m0/s1. The van der Waals surface area contributed by atoms with Crippen LogP contribution < -0.4 is 4.90 Å². The molecule has 2 saturated heterocycles. The lowest BCUT2D eigenvalue weighted by molar-refractivity contribution is -0.154. The Hall–Kier alpha value is -1.89. The normalized spacial score (nSPS) is 28.6. The number of piperazine rings is 1. The van der Waals surface area contributed by atoms with Crippen molar-refractivity contribution in [1.29, 1.82) is 0 Å². The minimum atomic E-state index is -1.16. The molecule has 2 aliphatic heterocycles. The molecule has 20 heavy (non-hydrogen) atoms. The van der Waals surface area contributed by atoms with E-state index < -0.39 is 11.5 Å². The molecular weight excluding hydrogens is 284 g/mol. The summed E-state index contributed by atoms with van der Waals surface area (Å²) in [6.45, 7) is 0.770. The van der Waals surface area contributed by atoms with Crippen molar-refractivity contribution in [3.63, 3.8) is 0 Å². The SMILES string of the molecule is O=CN1[C@H]2CC[C@]1(C(=O)O)CN(c1ccnc(Cl)n1)C2. The highest BCUT2D eigenvalue weighted by atomic mass is 35.5. The molecule has 106 valence electrons. The van der Waals surface area contributed by atoms with Crippen LogP contribution >= 0.6 is 11.6 Å². The van der Waals surface area contributed by atoms with E-state index in [9.17, 15) is 14.7 Å². The Morgan fingerprint density at radius 3 is 3.05 bits per heavy atom. The van der Waals surface area contributed by atoms with Gasteiger partial charge in [-0.1, -0.05) is 0 Å². The van der Waals surface area contributed by atoms with E-state index in [0.29, 0.717) is 31.6 Å². The summed E-state index contributed by atoms with van der Waals surface area (Å²) >= 11 is 5.77. The lowest BCUT2D eigenvalue weighted by Gasteiger charge is -2.45. The molecule has 2 atom stereocenters. The van der Waals surface area contributed by atoms with Gasteiger partial charge in [0.2, 0.25) is 11.7 Å². The van der Waals surface area contributed by atoms with Crippen molar-refractivity contribution in [2.45, 2.75) is 24.4 Å². The number of aliphatic carboxylic acids is 1. The van der Waals surface area contributed by atoms with Crippen molar-refractivity contribution in [3.8, 4) is 0 Å². The molecule has 0 unspecified atom stereocenters. The van der Waals surface area contributed by atoms with Crippen LogP contribution in [0.15, 0.2) is 12.3 Å². The number of amides is 1. The summed E-state index contributed by atoms with van der Waals surface area (Å²) in [5, 5.41) is 9.67. The van der Waals surface area contributed by atoms with Crippen LogP contribution in [-0.4, -0.2) is 57.0 Å². The Morgan fingerprint density at radius 1 is 1.60 bits per heavy atom. The van der Waals surface area contributed by atoms with Crippen LogP contribution in [0.4, 0.5) is 5.82 Å². The molecule has 2 bridgehead atoms. The second-order valence-corrected chi connectivity index (χ2v) is 5.44. The fraction of sp³-hybridized carbons (Fsp3) is 0.500. The predicted octanol–water partition coefficient (Wildman–Crippen LogP) is 0.394. The summed E-state index contributed by atoms with van der Waals surface area (Å²) in [6.07, 6.45) is 3.32. The molecule has 1 aromatic heterocycles. The smallest absolute Gasteiger partial charge is 0.331 e. The molecule has 2 fully saturated rings. The summed E-state index contributed by atoms with van der Waals surface area (Å²) in [7, 11) is 0. The Bertz CT molecular complexity index is 569. The number of halogens is 1. The topological polar surface area (TPSA) is 86.6 Å². The Labute approximate surface area is 120 Å². The van der Waals surface area contributed by atoms with Gasteiger partial charge in [0, 0.05) is 12.7 Å². The van der Waals surface area contributed by atoms with Gasteiger partial charge in [-0.25, -0.2) is 14.8 Å². The lowest BCUT2D eigenvalue weighted by atomic mass is 9.95. The number of carbonyl (C=O) groups is 2. The highest BCUT2D eigenvalue weighted by Crippen LogP contribution is 2.39. The zero-order valence-electron chi connectivity index (χ0n) is 10.6. The molecule has 2 aliphatic rings. The summed E-state index contributed by atoms with van der Waals surface area (Å²) in [6, 6.07) is 1.59. The summed E-state index contributed by atoms with van der Waals surface area (Å²) < 4.78 is 0. The number of hydrogen-bond donors (Lipinski definition) is 1. The molecular formula is C12H13ClN4O3. The first-order valence-corrected chi connectivity index (χ1v) is 6.65. The van der Waals surface area contributed by atoms with Gasteiger partial charge in [-0.2, -0.15) is 0 Å². The van der Waals surface area contributed by atoms with Gasteiger partial charge in [0.15, 0.2) is 5.54 Å². The van der Waals surface area contributed by atoms with Crippen molar-refractivity contribution in [2.75, 3.05) is 18.0 Å². The van der Waals surface area contributed by atoms with E-state index in [4.69, 9.17) is 11.6 Å². The Balaban J connectivity index is 1.96. The van der Waals surface area contributed by atoms with Gasteiger partial charge in [-0.15, -0.1) is 0 Å². The second-order valence-electron chi connectivity index (χ2n) is 5.11. The fourth-order valence-corrected chi connectivity index (χ4v) is 3.29.